The van der Waals surface area contributed by atoms with E-state index in [4.69, 9.17) is 25.8 Å². The Balaban J connectivity index is 0.00000256. The first kappa shape index (κ1) is 21.5. The number of halogens is 2. The molecular weight excluding hydrogens is 425 g/mol. The monoisotopic (exact) mass is 443 g/mol. The number of nitrogens with zero attached hydrogens (tertiary/aromatic N) is 2. The van der Waals surface area contributed by atoms with Crippen LogP contribution >= 0.6 is 24.0 Å². The number of hydrogen-bond acceptors (Lipinski definition) is 6. The van der Waals surface area contributed by atoms with Gasteiger partial charge in [-0.15, -0.1) is 12.4 Å². The van der Waals surface area contributed by atoms with Crippen molar-refractivity contribution >= 4 is 46.4 Å². The van der Waals surface area contributed by atoms with E-state index in [0.717, 1.165) is 22.3 Å². The first-order chi connectivity index (χ1) is 14.2. The van der Waals surface area contributed by atoms with Crippen LogP contribution in [-0.2, 0) is 0 Å². The molecular formula is C22H19Cl2N3O3. The molecule has 0 fully saturated rings. The topological polar surface area (TPSA) is 65.5 Å². The van der Waals surface area contributed by atoms with Crippen molar-refractivity contribution in [2.45, 2.75) is 0 Å². The highest BCUT2D eigenvalue weighted by molar-refractivity contribution is 6.32. The van der Waals surface area contributed by atoms with E-state index < -0.39 is 0 Å². The van der Waals surface area contributed by atoms with Crippen molar-refractivity contribution in [3.05, 3.63) is 72.0 Å². The highest BCUT2D eigenvalue weighted by Gasteiger charge is 2.12. The fraction of sp³-hybridized carbons (Fsp3) is 0.0909. The van der Waals surface area contributed by atoms with Gasteiger partial charge in [-0.05, 0) is 36.4 Å². The highest BCUT2D eigenvalue weighted by atomic mass is 35.5. The van der Waals surface area contributed by atoms with Crippen LogP contribution in [0.5, 0.6) is 23.0 Å². The van der Waals surface area contributed by atoms with E-state index in [0.29, 0.717) is 28.1 Å². The van der Waals surface area contributed by atoms with Crippen LogP contribution in [0, 0.1) is 0 Å². The molecule has 0 aliphatic heterocycles. The van der Waals surface area contributed by atoms with E-state index in [2.05, 4.69) is 15.3 Å². The molecule has 30 heavy (non-hydrogen) atoms. The molecule has 4 aromatic rings. The number of anilines is 2. The maximum Gasteiger partial charge on any atom is 0.162 e. The molecule has 0 saturated carbocycles. The maximum absolute atomic E-state index is 6.42. The summed E-state index contributed by atoms with van der Waals surface area (Å²) in [6.45, 7) is 0. The van der Waals surface area contributed by atoms with Gasteiger partial charge >= 0.3 is 0 Å². The number of methoxy groups -OCH3 is 2. The van der Waals surface area contributed by atoms with Gasteiger partial charge in [-0.25, -0.2) is 9.97 Å². The quantitative estimate of drug-likeness (QED) is 0.379. The first-order valence-electron chi connectivity index (χ1n) is 8.84. The van der Waals surface area contributed by atoms with Gasteiger partial charge in [0, 0.05) is 17.1 Å². The van der Waals surface area contributed by atoms with E-state index in [1.54, 1.807) is 20.3 Å². The standard InChI is InChI=1S/C22H18ClN3O3.ClH/c1-27-20-11-16-18(12-21(20)28-2)24-13-25-22(16)26-14-8-9-19(17(23)10-14)29-15-6-4-3-5-7-15;/h3-13H,1-2H3,(H,24,25,26);1H. The third-order valence-electron chi connectivity index (χ3n) is 4.31. The Morgan fingerprint density at radius 1 is 0.833 bits per heavy atom. The Hall–Kier alpha value is -3.22. The summed E-state index contributed by atoms with van der Waals surface area (Å²) in [5.74, 6) is 3.13. The largest absolute Gasteiger partial charge is 0.493 e. The molecule has 0 amide bonds. The summed E-state index contributed by atoms with van der Waals surface area (Å²) in [5.41, 5.74) is 1.50. The van der Waals surface area contributed by atoms with Crippen molar-refractivity contribution in [1.82, 2.24) is 9.97 Å². The number of fused-ring (bicyclic) bond motifs is 1. The summed E-state index contributed by atoms with van der Waals surface area (Å²) in [7, 11) is 3.18. The number of aromatic nitrogens is 2. The summed E-state index contributed by atoms with van der Waals surface area (Å²) in [5, 5.41) is 4.56. The second-order valence-corrected chi connectivity index (χ2v) is 6.54. The Kier molecular flexibility index (Phi) is 6.82. The van der Waals surface area contributed by atoms with Crippen LogP contribution < -0.4 is 19.5 Å². The van der Waals surface area contributed by atoms with Crippen molar-refractivity contribution in [1.29, 1.82) is 0 Å². The average molecular weight is 444 g/mol. The van der Waals surface area contributed by atoms with Crippen molar-refractivity contribution in [3.63, 3.8) is 0 Å². The number of ether oxygens (including phenoxy) is 3. The van der Waals surface area contributed by atoms with Gasteiger partial charge in [0.2, 0.25) is 0 Å². The van der Waals surface area contributed by atoms with Crippen LogP contribution in [0.4, 0.5) is 11.5 Å². The SMILES string of the molecule is COc1cc2ncnc(Nc3ccc(Oc4ccccc4)c(Cl)c3)c2cc1OC.Cl. The van der Waals surface area contributed by atoms with Crippen LogP contribution in [0.3, 0.4) is 0 Å². The highest BCUT2D eigenvalue weighted by Crippen LogP contribution is 2.36. The number of rotatable bonds is 6. The number of para-hydroxylation sites is 1. The predicted molar refractivity (Wildman–Crippen MR) is 121 cm³/mol. The van der Waals surface area contributed by atoms with E-state index in [1.165, 1.54) is 6.33 Å². The van der Waals surface area contributed by atoms with E-state index >= 15 is 0 Å². The van der Waals surface area contributed by atoms with E-state index in [9.17, 15) is 0 Å². The maximum atomic E-state index is 6.42. The molecule has 154 valence electrons. The molecule has 4 rings (SSSR count). The Morgan fingerprint density at radius 2 is 1.57 bits per heavy atom. The molecule has 8 heteroatoms. The summed E-state index contributed by atoms with van der Waals surface area (Å²) >= 11 is 6.42. The molecule has 6 nitrogen and oxygen atoms in total. The summed E-state index contributed by atoms with van der Waals surface area (Å²) in [6.07, 6.45) is 1.49. The van der Waals surface area contributed by atoms with Crippen molar-refractivity contribution in [3.8, 4) is 23.0 Å². The minimum Gasteiger partial charge on any atom is -0.493 e. The second-order valence-electron chi connectivity index (χ2n) is 6.13. The number of hydrogen-bond donors (Lipinski definition) is 1. The predicted octanol–water partition coefficient (Wildman–Crippen LogP) is 6.26. The third kappa shape index (κ3) is 4.50. The van der Waals surface area contributed by atoms with Gasteiger partial charge in [0.1, 0.15) is 23.6 Å². The summed E-state index contributed by atoms with van der Waals surface area (Å²) in [6, 6.07) is 18.6. The van der Waals surface area contributed by atoms with E-state index in [-0.39, 0.29) is 12.4 Å². The van der Waals surface area contributed by atoms with Crippen LogP contribution in [0.2, 0.25) is 5.02 Å². The van der Waals surface area contributed by atoms with Gasteiger partial charge in [0.25, 0.3) is 0 Å². The Bertz CT molecular complexity index is 1160. The molecule has 1 N–H and O–H groups in total. The van der Waals surface area contributed by atoms with Crippen LogP contribution in [0.15, 0.2) is 67.0 Å². The lowest BCUT2D eigenvalue weighted by Crippen LogP contribution is -1.98. The average Bonchev–Trinajstić information content (AvgIpc) is 2.75. The van der Waals surface area contributed by atoms with Gasteiger partial charge < -0.3 is 19.5 Å². The Labute approximate surface area is 185 Å². The molecule has 0 aliphatic rings. The third-order valence-corrected chi connectivity index (χ3v) is 4.60. The molecule has 0 bridgehead atoms. The lowest BCUT2D eigenvalue weighted by Gasteiger charge is -2.13. The lowest BCUT2D eigenvalue weighted by atomic mass is 10.2. The van der Waals surface area contributed by atoms with Crippen LogP contribution in [0.25, 0.3) is 10.9 Å². The molecule has 0 atom stereocenters. The van der Waals surface area contributed by atoms with Gasteiger partial charge in [-0.2, -0.15) is 0 Å². The molecule has 1 aromatic heterocycles. The molecule has 0 radical (unpaired) electrons. The number of benzene rings is 3. The normalized spacial score (nSPS) is 10.2. The lowest BCUT2D eigenvalue weighted by molar-refractivity contribution is 0.356. The minimum atomic E-state index is 0. The zero-order valence-electron chi connectivity index (χ0n) is 16.3. The molecule has 0 unspecified atom stereocenters. The van der Waals surface area contributed by atoms with Gasteiger partial charge in [0.15, 0.2) is 11.5 Å². The fourth-order valence-electron chi connectivity index (χ4n) is 2.90. The minimum absolute atomic E-state index is 0. The summed E-state index contributed by atoms with van der Waals surface area (Å²) in [4.78, 5) is 8.67. The van der Waals surface area contributed by atoms with Gasteiger partial charge in [-0.3, -0.25) is 0 Å². The smallest absolute Gasteiger partial charge is 0.162 e. The second kappa shape index (κ2) is 9.52. The molecule has 0 spiro atoms. The van der Waals surface area contributed by atoms with E-state index in [1.807, 2.05) is 54.6 Å². The van der Waals surface area contributed by atoms with Gasteiger partial charge in [0.05, 0.1) is 24.8 Å². The van der Waals surface area contributed by atoms with Crippen LogP contribution in [-0.4, -0.2) is 24.2 Å². The zero-order valence-corrected chi connectivity index (χ0v) is 17.8. The molecule has 0 saturated heterocycles. The molecule has 0 aliphatic carbocycles. The molecule has 3 aromatic carbocycles. The fourth-order valence-corrected chi connectivity index (χ4v) is 3.12. The first-order valence-corrected chi connectivity index (χ1v) is 9.22. The van der Waals surface area contributed by atoms with Crippen molar-refractivity contribution < 1.29 is 14.2 Å². The van der Waals surface area contributed by atoms with Crippen molar-refractivity contribution in [2.24, 2.45) is 0 Å². The zero-order chi connectivity index (χ0) is 20.2. The summed E-state index contributed by atoms with van der Waals surface area (Å²) < 4.78 is 16.6. The van der Waals surface area contributed by atoms with Crippen LogP contribution in [0.1, 0.15) is 0 Å². The molecule has 1 heterocycles. The van der Waals surface area contributed by atoms with Crippen molar-refractivity contribution in [2.75, 3.05) is 19.5 Å². The number of nitrogens with one attached hydrogen (secondary N) is 1. The van der Waals surface area contributed by atoms with Gasteiger partial charge in [-0.1, -0.05) is 29.8 Å². The Morgan fingerprint density at radius 3 is 2.27 bits per heavy atom.